The summed E-state index contributed by atoms with van der Waals surface area (Å²) in [5.74, 6) is -3.98. The van der Waals surface area contributed by atoms with Crippen molar-refractivity contribution in [1.29, 1.82) is 0 Å². The first-order valence-corrected chi connectivity index (χ1v) is 4.12. The third-order valence-electron chi connectivity index (χ3n) is 1.23. The quantitative estimate of drug-likeness (QED) is 0.402. The number of alkyl halides is 9. The Bertz CT molecular complexity index is 171. The zero-order chi connectivity index (χ0) is 11.8. The van der Waals surface area contributed by atoms with E-state index in [0.29, 0.717) is 0 Å². The van der Waals surface area contributed by atoms with Crippen molar-refractivity contribution >= 4 is 22.6 Å². The third-order valence-corrected chi connectivity index (χ3v) is 1.67. The van der Waals surface area contributed by atoms with Crippen molar-refractivity contribution < 1.29 is 35.1 Å². The van der Waals surface area contributed by atoms with Crippen molar-refractivity contribution in [1.82, 2.24) is 0 Å². The van der Waals surface area contributed by atoms with Crippen LogP contribution in [0.5, 0.6) is 0 Å². The highest BCUT2D eigenvalue weighted by molar-refractivity contribution is 14.1. The Morgan fingerprint density at radius 3 is 1.14 bits per heavy atom. The van der Waals surface area contributed by atoms with Crippen LogP contribution in [0.15, 0.2) is 0 Å². The highest BCUT2D eigenvalue weighted by atomic mass is 127. The Balaban J connectivity index is 4.78. The number of halogens is 9. The van der Waals surface area contributed by atoms with Crippen molar-refractivity contribution in [2.75, 3.05) is 0 Å². The van der Waals surface area contributed by atoms with Crippen LogP contribution in [0.3, 0.4) is 0 Å². The van der Waals surface area contributed by atoms with E-state index in [1.807, 2.05) is 0 Å². The number of hydrogen-bond acceptors (Lipinski definition) is 0. The van der Waals surface area contributed by atoms with E-state index in [2.05, 4.69) is 0 Å². The second-order valence-corrected chi connectivity index (χ2v) is 4.03. The molecule has 0 unspecified atom stereocenters. The van der Waals surface area contributed by atoms with Crippen molar-refractivity contribution in [2.45, 2.75) is 22.7 Å². The summed E-state index contributed by atoms with van der Waals surface area (Å²) in [6.07, 6.45) is -13.7. The maximum absolute atomic E-state index is 12.0. The van der Waals surface area contributed by atoms with Crippen molar-refractivity contribution in [3.63, 3.8) is 0 Å². The molecule has 0 fully saturated rings. The van der Waals surface area contributed by atoms with Gasteiger partial charge in [-0.1, -0.05) is 0 Å². The van der Waals surface area contributed by atoms with Gasteiger partial charge in [0, 0.05) is 6.42 Å². The van der Waals surface area contributed by atoms with Crippen LogP contribution in [-0.4, -0.2) is 16.3 Å². The Labute approximate surface area is 86.8 Å². The maximum atomic E-state index is 12.0. The topological polar surface area (TPSA) is 0 Å². The first-order chi connectivity index (χ1) is 5.84. The molecule has 0 atom stereocenters. The van der Waals surface area contributed by atoms with Gasteiger partial charge in [-0.15, -0.1) is 0 Å². The van der Waals surface area contributed by atoms with Gasteiger partial charge < -0.3 is 0 Å². The molecule has 0 radical (unpaired) electrons. The number of hydrogen-bond donors (Lipinski definition) is 0. The molecule has 14 heavy (non-hydrogen) atoms. The summed E-state index contributed by atoms with van der Waals surface area (Å²) in [4.78, 5) is 0. The molecule has 0 nitrogen and oxygen atoms in total. The molecule has 9 heteroatoms. The van der Waals surface area contributed by atoms with Crippen LogP contribution < -0.4 is 0 Å². The smallest absolute Gasteiger partial charge is 0.195 e. The molecule has 0 aliphatic heterocycles. The lowest BCUT2D eigenvalue weighted by Gasteiger charge is -2.24. The van der Waals surface area contributed by atoms with Crippen LogP contribution in [-0.2, 0) is 0 Å². The summed E-state index contributed by atoms with van der Waals surface area (Å²) < 4.78 is 90.1. The molecule has 0 saturated heterocycles. The fraction of sp³-hybridized carbons (Fsp3) is 1.00. The normalized spacial score (nSPS) is 15.0. The standard InChI is InChI=1S/C5H3F8I/c6-3(7,14)1-2(4(8,9)10)5(11,12)13/h2H,1H2. The summed E-state index contributed by atoms with van der Waals surface area (Å²) in [6, 6.07) is 0. The number of rotatable bonds is 2. The molecule has 0 heterocycles. The van der Waals surface area contributed by atoms with Crippen LogP contribution in [0.25, 0.3) is 0 Å². The molecule has 0 spiro atoms. The van der Waals surface area contributed by atoms with E-state index < -0.39 is 28.6 Å². The highest BCUT2D eigenvalue weighted by Crippen LogP contribution is 2.46. The maximum Gasteiger partial charge on any atom is 0.400 e. The van der Waals surface area contributed by atoms with Crippen LogP contribution in [0, 0.1) is 5.92 Å². The second kappa shape index (κ2) is 3.97. The average molecular weight is 342 g/mol. The average Bonchev–Trinajstić information content (AvgIpc) is 1.75. The molecule has 86 valence electrons. The van der Waals surface area contributed by atoms with Gasteiger partial charge in [0.1, 0.15) is 0 Å². The third kappa shape index (κ3) is 5.15. The molecule has 0 aromatic heterocycles. The molecular weight excluding hydrogens is 339 g/mol. The molecule has 0 aliphatic rings. The molecule has 0 aliphatic carbocycles. The van der Waals surface area contributed by atoms with Gasteiger partial charge in [0.15, 0.2) is 5.92 Å². The predicted octanol–water partition coefficient (Wildman–Crippen LogP) is 4.15. The highest BCUT2D eigenvalue weighted by Gasteiger charge is 2.59. The minimum Gasteiger partial charge on any atom is -0.195 e. The van der Waals surface area contributed by atoms with E-state index in [1.54, 1.807) is 0 Å². The van der Waals surface area contributed by atoms with Gasteiger partial charge in [-0.2, -0.15) is 35.1 Å². The van der Waals surface area contributed by atoms with Gasteiger partial charge in [-0.25, -0.2) is 0 Å². The van der Waals surface area contributed by atoms with Gasteiger partial charge in [0.05, 0.1) is 0 Å². The lowest BCUT2D eigenvalue weighted by molar-refractivity contribution is -0.292. The van der Waals surface area contributed by atoms with Crippen molar-refractivity contribution in [2.24, 2.45) is 5.92 Å². The molecule has 0 aromatic rings. The first-order valence-electron chi connectivity index (χ1n) is 3.04. The molecule has 0 aromatic carbocycles. The van der Waals surface area contributed by atoms with Gasteiger partial charge >= 0.3 is 12.4 Å². The first kappa shape index (κ1) is 14.2. The predicted molar refractivity (Wildman–Crippen MR) is 39.2 cm³/mol. The summed E-state index contributed by atoms with van der Waals surface area (Å²) in [5, 5.41) is 0. The Morgan fingerprint density at radius 1 is 0.786 bits per heavy atom. The molecule has 0 N–H and O–H groups in total. The van der Waals surface area contributed by atoms with Crippen LogP contribution >= 0.6 is 22.6 Å². The van der Waals surface area contributed by atoms with E-state index in [0.717, 1.165) is 0 Å². The van der Waals surface area contributed by atoms with E-state index in [-0.39, 0.29) is 22.6 Å². The van der Waals surface area contributed by atoms with Crippen molar-refractivity contribution in [3.8, 4) is 0 Å². The fourth-order valence-electron chi connectivity index (χ4n) is 0.648. The molecule has 0 amide bonds. The minimum absolute atomic E-state index is 0.238. The van der Waals surface area contributed by atoms with Crippen LogP contribution in [0.4, 0.5) is 35.1 Å². The lowest BCUT2D eigenvalue weighted by atomic mass is 10.1. The molecular formula is C5H3F8I. The lowest BCUT2D eigenvalue weighted by Crippen LogP contribution is -2.39. The van der Waals surface area contributed by atoms with E-state index >= 15 is 0 Å². The van der Waals surface area contributed by atoms with Crippen molar-refractivity contribution in [3.05, 3.63) is 0 Å². The zero-order valence-electron chi connectivity index (χ0n) is 6.19. The monoisotopic (exact) mass is 342 g/mol. The Kier molecular flexibility index (Phi) is 4.02. The Hall–Kier alpha value is 0.170. The largest absolute Gasteiger partial charge is 0.400 e. The summed E-state index contributed by atoms with van der Waals surface area (Å²) >= 11 is 0.238. The molecule has 0 saturated carbocycles. The van der Waals surface area contributed by atoms with Gasteiger partial charge in [-0.3, -0.25) is 0 Å². The molecule has 0 rings (SSSR count). The minimum atomic E-state index is -5.70. The van der Waals surface area contributed by atoms with Gasteiger partial charge in [0.2, 0.25) is 0 Å². The van der Waals surface area contributed by atoms with Crippen LogP contribution in [0.1, 0.15) is 6.42 Å². The summed E-state index contributed by atoms with van der Waals surface area (Å²) in [6.45, 7) is 0. The summed E-state index contributed by atoms with van der Waals surface area (Å²) in [7, 11) is 0. The summed E-state index contributed by atoms with van der Waals surface area (Å²) in [5.41, 5.74) is 0. The van der Waals surface area contributed by atoms with Gasteiger partial charge in [0.25, 0.3) is 3.93 Å². The van der Waals surface area contributed by atoms with E-state index in [4.69, 9.17) is 0 Å². The van der Waals surface area contributed by atoms with E-state index in [9.17, 15) is 35.1 Å². The fourth-order valence-corrected chi connectivity index (χ4v) is 1.09. The zero-order valence-corrected chi connectivity index (χ0v) is 8.34. The SMILES string of the molecule is FC(F)(I)CC(C(F)(F)F)C(F)(F)F. The van der Waals surface area contributed by atoms with Gasteiger partial charge in [-0.05, 0) is 22.6 Å². The molecule has 0 bridgehead atoms. The second-order valence-electron chi connectivity index (χ2n) is 2.46. The Morgan fingerprint density at radius 2 is 1.07 bits per heavy atom. The van der Waals surface area contributed by atoms with E-state index in [1.165, 1.54) is 0 Å². The van der Waals surface area contributed by atoms with Crippen LogP contribution in [0.2, 0.25) is 0 Å².